The molecular weight excluding hydrogens is 306 g/mol. The van der Waals surface area contributed by atoms with Crippen molar-refractivity contribution in [1.82, 2.24) is 10.2 Å². The first-order valence-corrected chi connectivity index (χ1v) is 8.04. The maximum atomic E-state index is 12.4. The van der Waals surface area contributed by atoms with Crippen LogP contribution in [0.5, 0.6) is 0 Å². The van der Waals surface area contributed by atoms with Crippen LogP contribution in [0.2, 0.25) is 0 Å². The molecule has 0 aliphatic carbocycles. The smallest absolute Gasteiger partial charge is 0.286 e. The summed E-state index contributed by atoms with van der Waals surface area (Å²) in [4.78, 5) is 26.0. The molecule has 2 rings (SSSR count). The van der Waals surface area contributed by atoms with Gasteiger partial charge in [-0.3, -0.25) is 9.59 Å². The molecule has 0 spiro atoms. The Morgan fingerprint density at radius 2 is 1.92 bits per heavy atom. The van der Waals surface area contributed by atoms with Crippen LogP contribution in [-0.4, -0.2) is 36.3 Å². The van der Waals surface area contributed by atoms with Crippen LogP contribution in [-0.2, 0) is 11.3 Å². The molecule has 3 N–H and O–H groups in total. The van der Waals surface area contributed by atoms with Gasteiger partial charge in [-0.2, -0.15) is 0 Å². The van der Waals surface area contributed by atoms with Gasteiger partial charge in [0, 0.05) is 26.1 Å². The Kier molecular flexibility index (Phi) is 7.04. The highest BCUT2D eigenvalue weighted by Gasteiger charge is 2.14. The molecule has 0 bridgehead atoms. The normalized spacial score (nSPS) is 10.4. The molecule has 1 heterocycles. The van der Waals surface area contributed by atoms with Gasteiger partial charge in [0.2, 0.25) is 5.91 Å². The lowest BCUT2D eigenvalue weighted by Crippen LogP contribution is -2.35. The second kappa shape index (κ2) is 9.52. The number of carbonyl (C=O) groups is 2. The average molecular weight is 329 g/mol. The average Bonchev–Trinajstić information content (AvgIpc) is 3.14. The lowest BCUT2D eigenvalue weighted by Gasteiger charge is -2.23. The zero-order chi connectivity index (χ0) is 17.2. The second-order valence-corrected chi connectivity index (χ2v) is 5.43. The summed E-state index contributed by atoms with van der Waals surface area (Å²) in [5.74, 6) is -0.0804. The van der Waals surface area contributed by atoms with Gasteiger partial charge in [0.15, 0.2) is 5.76 Å². The van der Waals surface area contributed by atoms with E-state index in [1.54, 1.807) is 17.0 Å². The minimum absolute atomic E-state index is 0.00736. The third kappa shape index (κ3) is 5.55. The highest BCUT2D eigenvalue weighted by atomic mass is 16.3. The number of nitrogens with one attached hydrogen (secondary N) is 1. The summed E-state index contributed by atoms with van der Waals surface area (Å²) < 4.78 is 5.01. The maximum Gasteiger partial charge on any atom is 0.286 e. The zero-order valence-corrected chi connectivity index (χ0v) is 13.6. The van der Waals surface area contributed by atoms with Gasteiger partial charge in [-0.1, -0.05) is 30.3 Å². The third-order valence-electron chi connectivity index (χ3n) is 3.57. The van der Waals surface area contributed by atoms with Crippen molar-refractivity contribution in [2.24, 2.45) is 5.73 Å². The molecule has 0 unspecified atom stereocenters. The van der Waals surface area contributed by atoms with E-state index in [1.165, 1.54) is 6.26 Å². The first kappa shape index (κ1) is 17.7. The van der Waals surface area contributed by atoms with E-state index in [0.717, 1.165) is 12.0 Å². The molecule has 2 amide bonds. The van der Waals surface area contributed by atoms with Crippen LogP contribution in [0.4, 0.5) is 0 Å². The highest BCUT2D eigenvalue weighted by Crippen LogP contribution is 2.07. The molecule has 0 aliphatic rings. The summed E-state index contributed by atoms with van der Waals surface area (Å²) in [5, 5.41) is 2.69. The molecule has 0 aliphatic heterocycles. The second-order valence-electron chi connectivity index (χ2n) is 5.43. The summed E-state index contributed by atoms with van der Waals surface area (Å²) in [6.07, 6.45) is 2.43. The summed E-state index contributed by atoms with van der Waals surface area (Å²) in [7, 11) is 0. The van der Waals surface area contributed by atoms with Crippen molar-refractivity contribution in [3.63, 3.8) is 0 Å². The predicted molar refractivity (Wildman–Crippen MR) is 91.2 cm³/mol. The fraction of sp³-hybridized carbons (Fsp3) is 0.333. The number of hydrogen-bond acceptors (Lipinski definition) is 4. The van der Waals surface area contributed by atoms with E-state index >= 15 is 0 Å². The molecule has 24 heavy (non-hydrogen) atoms. The van der Waals surface area contributed by atoms with E-state index in [1.807, 2.05) is 30.3 Å². The van der Waals surface area contributed by atoms with Crippen LogP contribution in [0.25, 0.3) is 0 Å². The number of amides is 2. The zero-order valence-electron chi connectivity index (χ0n) is 13.6. The number of nitrogens with two attached hydrogens (primary N) is 1. The minimum Gasteiger partial charge on any atom is -0.459 e. The Bertz CT molecular complexity index is 626. The molecule has 0 saturated carbocycles. The van der Waals surface area contributed by atoms with Crippen molar-refractivity contribution < 1.29 is 14.0 Å². The Morgan fingerprint density at radius 1 is 1.12 bits per heavy atom. The molecule has 0 radical (unpaired) electrons. The lowest BCUT2D eigenvalue weighted by atomic mass is 10.2. The third-order valence-corrected chi connectivity index (χ3v) is 3.57. The van der Waals surface area contributed by atoms with Crippen LogP contribution < -0.4 is 11.1 Å². The molecular formula is C18H23N3O3. The van der Waals surface area contributed by atoms with Crippen LogP contribution in [0, 0.1) is 0 Å². The van der Waals surface area contributed by atoms with Crippen molar-refractivity contribution in [2.45, 2.75) is 19.4 Å². The number of nitrogens with zero attached hydrogens (tertiary/aromatic N) is 1. The highest BCUT2D eigenvalue weighted by molar-refractivity contribution is 5.91. The maximum absolute atomic E-state index is 12.4. The molecule has 1 aromatic heterocycles. The molecule has 0 fully saturated rings. The number of benzene rings is 1. The van der Waals surface area contributed by atoms with Gasteiger partial charge in [-0.25, -0.2) is 0 Å². The predicted octanol–water partition coefficient (Wildman–Crippen LogP) is 1.78. The Labute approximate surface area is 141 Å². The monoisotopic (exact) mass is 329 g/mol. The van der Waals surface area contributed by atoms with E-state index in [0.29, 0.717) is 19.6 Å². The van der Waals surface area contributed by atoms with Gasteiger partial charge in [-0.05, 0) is 30.7 Å². The summed E-state index contributed by atoms with van der Waals surface area (Å²) in [5.41, 5.74) is 6.63. The van der Waals surface area contributed by atoms with Crippen LogP contribution in [0.1, 0.15) is 29.0 Å². The molecule has 6 heteroatoms. The van der Waals surface area contributed by atoms with E-state index in [9.17, 15) is 9.59 Å². The summed E-state index contributed by atoms with van der Waals surface area (Å²) in [6, 6.07) is 13.0. The van der Waals surface area contributed by atoms with Crippen molar-refractivity contribution in [1.29, 1.82) is 0 Å². The molecule has 1 aromatic carbocycles. The Balaban J connectivity index is 1.84. The van der Waals surface area contributed by atoms with Crippen LogP contribution in [0.3, 0.4) is 0 Å². The van der Waals surface area contributed by atoms with E-state index in [2.05, 4.69) is 5.32 Å². The van der Waals surface area contributed by atoms with Gasteiger partial charge in [0.05, 0.1) is 6.26 Å². The first-order chi connectivity index (χ1) is 11.7. The SMILES string of the molecule is NCCCN(Cc1ccccc1)C(=O)CCNC(=O)c1ccco1. The lowest BCUT2D eigenvalue weighted by molar-refractivity contribution is -0.131. The van der Waals surface area contributed by atoms with Gasteiger partial charge in [0.1, 0.15) is 0 Å². The number of hydrogen-bond donors (Lipinski definition) is 2. The number of rotatable bonds is 9. The van der Waals surface area contributed by atoms with E-state index in [4.69, 9.17) is 10.2 Å². The van der Waals surface area contributed by atoms with Gasteiger partial charge < -0.3 is 20.4 Å². The topological polar surface area (TPSA) is 88.6 Å². The minimum atomic E-state index is -0.315. The summed E-state index contributed by atoms with van der Waals surface area (Å²) in [6.45, 7) is 1.96. The number of furan rings is 1. The largest absolute Gasteiger partial charge is 0.459 e. The number of carbonyl (C=O) groups excluding carboxylic acids is 2. The van der Waals surface area contributed by atoms with Crippen LogP contribution >= 0.6 is 0 Å². The summed E-state index contributed by atoms with van der Waals surface area (Å²) >= 11 is 0. The Morgan fingerprint density at radius 3 is 2.58 bits per heavy atom. The molecule has 2 aromatic rings. The van der Waals surface area contributed by atoms with Crippen molar-refractivity contribution in [3.8, 4) is 0 Å². The molecule has 0 atom stereocenters. The molecule has 128 valence electrons. The van der Waals surface area contributed by atoms with E-state index < -0.39 is 0 Å². The Hall–Kier alpha value is -2.60. The molecule has 6 nitrogen and oxygen atoms in total. The first-order valence-electron chi connectivity index (χ1n) is 8.04. The fourth-order valence-electron chi connectivity index (χ4n) is 2.31. The van der Waals surface area contributed by atoms with Crippen molar-refractivity contribution in [3.05, 3.63) is 60.1 Å². The van der Waals surface area contributed by atoms with Gasteiger partial charge in [0.25, 0.3) is 5.91 Å². The quantitative estimate of drug-likeness (QED) is 0.734. The standard InChI is InChI=1S/C18H23N3O3/c19-10-5-12-21(14-15-6-2-1-3-7-15)17(22)9-11-20-18(23)16-8-4-13-24-16/h1-4,6-8,13H,5,9-12,14,19H2,(H,20,23). The van der Waals surface area contributed by atoms with Crippen molar-refractivity contribution >= 4 is 11.8 Å². The van der Waals surface area contributed by atoms with Crippen molar-refractivity contribution in [2.75, 3.05) is 19.6 Å². The van der Waals surface area contributed by atoms with Gasteiger partial charge in [-0.15, -0.1) is 0 Å². The van der Waals surface area contributed by atoms with E-state index in [-0.39, 0.29) is 30.5 Å². The van der Waals surface area contributed by atoms with Crippen LogP contribution in [0.15, 0.2) is 53.1 Å². The molecule has 0 saturated heterocycles. The van der Waals surface area contributed by atoms with Gasteiger partial charge >= 0.3 is 0 Å². The fourth-order valence-corrected chi connectivity index (χ4v) is 2.31.